The van der Waals surface area contributed by atoms with Crippen molar-refractivity contribution in [2.24, 2.45) is 0 Å². The van der Waals surface area contributed by atoms with E-state index in [-0.39, 0.29) is 29.6 Å². The number of amides is 3. The molecule has 0 radical (unpaired) electrons. The molecular weight excluding hydrogens is 432 g/mol. The lowest BCUT2D eigenvalue weighted by molar-refractivity contribution is -0.133. The lowest BCUT2D eigenvalue weighted by Crippen LogP contribution is -2.49. The topological polar surface area (TPSA) is 91.7 Å². The number of hydrogen-bond donors (Lipinski definition) is 1. The first-order valence-corrected chi connectivity index (χ1v) is 11.2. The predicted octanol–water partition coefficient (Wildman–Crippen LogP) is 1.90. The number of rotatable bonds is 6. The van der Waals surface area contributed by atoms with Gasteiger partial charge in [0.25, 0.3) is 17.4 Å². The first-order valence-electron chi connectivity index (χ1n) is 10.8. The minimum atomic E-state index is -0.487. The normalized spacial score (nSPS) is 16.2. The van der Waals surface area contributed by atoms with Crippen LogP contribution in [0.4, 0.5) is 0 Å². The molecule has 168 valence electrons. The summed E-state index contributed by atoms with van der Waals surface area (Å²) in [6, 6.07) is 9.99. The summed E-state index contributed by atoms with van der Waals surface area (Å²) in [5.41, 5.74) is 0.650. The maximum absolute atomic E-state index is 12.9. The molecule has 1 N–H and O–H groups in total. The summed E-state index contributed by atoms with van der Waals surface area (Å²) in [6.45, 7) is 2.60. The highest BCUT2D eigenvalue weighted by Crippen LogP contribution is 2.14. The Hall–Kier alpha value is -3.13. The first kappa shape index (κ1) is 22.1. The third kappa shape index (κ3) is 4.70. The average Bonchev–Trinajstić information content (AvgIpc) is 2.79. The van der Waals surface area contributed by atoms with Gasteiger partial charge in [0.2, 0.25) is 5.91 Å². The highest BCUT2D eigenvalue weighted by atomic mass is 35.5. The van der Waals surface area contributed by atoms with E-state index in [2.05, 4.69) is 5.32 Å². The second-order valence-electron chi connectivity index (χ2n) is 8.03. The molecule has 2 aliphatic heterocycles. The average molecular weight is 457 g/mol. The van der Waals surface area contributed by atoms with Crippen LogP contribution in [0, 0.1) is 0 Å². The molecule has 1 fully saturated rings. The molecule has 3 amide bonds. The Labute approximate surface area is 190 Å². The largest absolute Gasteiger partial charge is 0.348 e. The van der Waals surface area contributed by atoms with Crippen LogP contribution in [0.15, 0.2) is 41.2 Å². The van der Waals surface area contributed by atoms with E-state index >= 15 is 0 Å². The lowest BCUT2D eigenvalue weighted by Gasteiger charge is -2.33. The van der Waals surface area contributed by atoms with Crippen molar-refractivity contribution in [2.45, 2.75) is 32.4 Å². The Morgan fingerprint density at radius 2 is 1.66 bits per heavy atom. The molecule has 0 spiro atoms. The van der Waals surface area contributed by atoms with Gasteiger partial charge in [-0.3, -0.25) is 19.2 Å². The van der Waals surface area contributed by atoms with Crippen LogP contribution in [-0.4, -0.2) is 58.3 Å². The van der Waals surface area contributed by atoms with Gasteiger partial charge in [0.1, 0.15) is 11.3 Å². The molecule has 1 aromatic heterocycles. The van der Waals surface area contributed by atoms with E-state index in [9.17, 15) is 19.2 Å². The Balaban J connectivity index is 1.41. The predicted molar refractivity (Wildman–Crippen MR) is 120 cm³/mol. The van der Waals surface area contributed by atoms with Gasteiger partial charge in [0.05, 0.1) is 0 Å². The van der Waals surface area contributed by atoms with Crippen LogP contribution in [0.2, 0.25) is 5.02 Å². The van der Waals surface area contributed by atoms with Crippen LogP contribution in [0.25, 0.3) is 0 Å². The van der Waals surface area contributed by atoms with Crippen molar-refractivity contribution in [3.05, 3.63) is 68.6 Å². The molecule has 2 aromatic rings. The van der Waals surface area contributed by atoms with Crippen LogP contribution >= 0.6 is 11.6 Å². The zero-order valence-electron chi connectivity index (χ0n) is 17.7. The second-order valence-corrected chi connectivity index (χ2v) is 8.46. The van der Waals surface area contributed by atoms with E-state index in [4.69, 9.17) is 11.6 Å². The maximum Gasteiger partial charge on any atom is 0.270 e. The summed E-state index contributed by atoms with van der Waals surface area (Å²) >= 11 is 5.87. The molecule has 9 heteroatoms. The minimum Gasteiger partial charge on any atom is -0.348 e. The minimum absolute atomic E-state index is 0.00266. The van der Waals surface area contributed by atoms with E-state index in [1.54, 1.807) is 34.1 Å². The number of nitrogens with one attached hydrogen (secondary N) is 1. The van der Waals surface area contributed by atoms with Gasteiger partial charge < -0.3 is 19.7 Å². The number of carbonyl (C=O) groups excluding carboxylic acids is 3. The molecule has 32 heavy (non-hydrogen) atoms. The quantitative estimate of drug-likeness (QED) is 0.718. The van der Waals surface area contributed by atoms with E-state index in [0.717, 1.165) is 24.9 Å². The van der Waals surface area contributed by atoms with Crippen LogP contribution in [0.3, 0.4) is 0 Å². The smallest absolute Gasteiger partial charge is 0.270 e. The molecule has 3 heterocycles. The number of nitrogens with zero attached hydrogens (tertiary/aromatic N) is 3. The summed E-state index contributed by atoms with van der Waals surface area (Å²) in [4.78, 5) is 53.8. The van der Waals surface area contributed by atoms with Crippen molar-refractivity contribution in [1.29, 1.82) is 0 Å². The monoisotopic (exact) mass is 456 g/mol. The van der Waals surface area contributed by atoms with Crippen molar-refractivity contribution in [2.75, 3.05) is 26.2 Å². The molecule has 0 atom stereocenters. The molecule has 2 aliphatic rings. The first-order chi connectivity index (χ1) is 15.4. The van der Waals surface area contributed by atoms with Crippen molar-refractivity contribution in [3.8, 4) is 0 Å². The molecule has 8 nitrogen and oxygen atoms in total. The third-order valence-electron chi connectivity index (χ3n) is 5.95. The third-order valence-corrected chi connectivity index (χ3v) is 6.20. The van der Waals surface area contributed by atoms with Crippen molar-refractivity contribution in [3.63, 3.8) is 0 Å². The number of fused-ring (bicyclic) bond motifs is 1. The van der Waals surface area contributed by atoms with E-state index in [1.807, 2.05) is 0 Å². The van der Waals surface area contributed by atoms with Crippen LogP contribution in [0.1, 0.15) is 45.7 Å². The number of likely N-dealkylation sites (tertiary alicyclic amines) is 1. The zero-order chi connectivity index (χ0) is 22.7. The molecular formula is C23H25ClN4O4. The maximum atomic E-state index is 12.9. The molecule has 0 unspecified atom stereocenters. The van der Waals surface area contributed by atoms with Gasteiger partial charge in [-0.2, -0.15) is 0 Å². The van der Waals surface area contributed by atoms with Crippen LogP contribution in [-0.2, 0) is 17.9 Å². The number of carbonyl (C=O) groups is 3. The summed E-state index contributed by atoms with van der Waals surface area (Å²) in [5, 5.41) is 3.34. The van der Waals surface area contributed by atoms with E-state index in [1.165, 1.54) is 16.7 Å². The van der Waals surface area contributed by atoms with Crippen LogP contribution in [0.5, 0.6) is 0 Å². The van der Waals surface area contributed by atoms with Gasteiger partial charge in [-0.05, 0) is 42.7 Å². The Morgan fingerprint density at radius 1 is 0.906 bits per heavy atom. The summed E-state index contributed by atoms with van der Waals surface area (Å²) < 4.78 is 1.36. The van der Waals surface area contributed by atoms with Crippen molar-refractivity contribution >= 4 is 29.3 Å². The van der Waals surface area contributed by atoms with Crippen molar-refractivity contribution in [1.82, 2.24) is 19.7 Å². The lowest BCUT2D eigenvalue weighted by atomic mass is 10.1. The number of aromatic nitrogens is 1. The summed E-state index contributed by atoms with van der Waals surface area (Å²) in [6.07, 6.45) is 2.47. The van der Waals surface area contributed by atoms with E-state index < -0.39 is 11.5 Å². The molecule has 4 rings (SSSR count). The number of pyridine rings is 1. The standard InChI is InChI=1S/C23H25ClN4O4/c24-17-6-4-16(5-7-17)15-25-21(30)18-8-9-19-23(32)27(13-14-28(19)22(18)31)12-11-26-10-2-1-3-20(26)29/h4-9H,1-3,10-15H2,(H,25,30). The zero-order valence-corrected chi connectivity index (χ0v) is 18.4. The van der Waals surface area contributed by atoms with Crippen molar-refractivity contribution < 1.29 is 14.4 Å². The SMILES string of the molecule is O=C(NCc1ccc(Cl)cc1)c1ccc2n(c1=O)CCN(CCN1CCCCC1=O)C2=O. The fourth-order valence-electron chi connectivity index (χ4n) is 4.08. The van der Waals surface area contributed by atoms with Gasteiger partial charge in [-0.25, -0.2) is 0 Å². The summed E-state index contributed by atoms with van der Waals surface area (Å²) in [5.74, 6) is -0.615. The van der Waals surface area contributed by atoms with E-state index in [0.29, 0.717) is 37.6 Å². The van der Waals surface area contributed by atoms with Gasteiger partial charge in [-0.1, -0.05) is 23.7 Å². The Morgan fingerprint density at radius 3 is 2.41 bits per heavy atom. The molecule has 0 bridgehead atoms. The fraction of sp³-hybridized carbons (Fsp3) is 0.391. The van der Waals surface area contributed by atoms with Gasteiger partial charge in [-0.15, -0.1) is 0 Å². The summed E-state index contributed by atoms with van der Waals surface area (Å²) in [7, 11) is 0. The number of benzene rings is 1. The Kier molecular flexibility index (Phi) is 6.60. The molecule has 1 aromatic carbocycles. The highest BCUT2D eigenvalue weighted by Gasteiger charge is 2.28. The second kappa shape index (κ2) is 9.56. The fourth-order valence-corrected chi connectivity index (χ4v) is 4.20. The Bertz CT molecular complexity index is 1100. The van der Waals surface area contributed by atoms with Crippen LogP contribution < -0.4 is 10.9 Å². The van der Waals surface area contributed by atoms with Gasteiger partial charge >= 0.3 is 0 Å². The number of hydrogen-bond acceptors (Lipinski definition) is 4. The van der Waals surface area contributed by atoms with Gasteiger partial charge in [0.15, 0.2) is 0 Å². The molecule has 1 saturated heterocycles. The number of halogens is 1. The number of piperidine rings is 1. The van der Waals surface area contributed by atoms with Gasteiger partial charge in [0, 0.05) is 50.7 Å². The molecule has 0 aliphatic carbocycles. The highest BCUT2D eigenvalue weighted by molar-refractivity contribution is 6.30. The molecule has 0 saturated carbocycles.